The highest BCUT2D eigenvalue weighted by molar-refractivity contribution is 5.30. The van der Waals surface area contributed by atoms with Gasteiger partial charge in [-0.05, 0) is 54.8 Å². The highest BCUT2D eigenvalue weighted by atomic mass is 19.1. The molecule has 0 saturated heterocycles. The number of methoxy groups -OCH3 is 1. The normalized spacial score (nSPS) is 12.1. The van der Waals surface area contributed by atoms with Crippen LogP contribution < -0.4 is 10.1 Å². The molecule has 0 bridgehead atoms. The fourth-order valence-electron chi connectivity index (χ4n) is 2.36. The average Bonchev–Trinajstić information content (AvgIpc) is 2.52. The average molecular weight is 287 g/mol. The quantitative estimate of drug-likeness (QED) is 0.827. The smallest absolute Gasteiger partial charge is 0.123 e. The van der Waals surface area contributed by atoms with Gasteiger partial charge >= 0.3 is 0 Å². The van der Waals surface area contributed by atoms with Crippen molar-refractivity contribution >= 4 is 0 Å². The predicted octanol–water partition coefficient (Wildman–Crippen LogP) is 4.12. The highest BCUT2D eigenvalue weighted by Crippen LogP contribution is 2.21. The molecule has 2 aromatic carbocycles. The van der Waals surface area contributed by atoms with Crippen LogP contribution in [0.15, 0.2) is 48.5 Å². The van der Waals surface area contributed by atoms with Crippen molar-refractivity contribution in [3.63, 3.8) is 0 Å². The number of rotatable bonds is 7. The predicted molar refractivity (Wildman–Crippen MR) is 84.1 cm³/mol. The molecule has 0 spiro atoms. The Bertz CT molecular complexity index is 553. The Balaban J connectivity index is 2.17. The lowest BCUT2D eigenvalue weighted by molar-refractivity contribution is 0.413. The van der Waals surface area contributed by atoms with Crippen molar-refractivity contribution in [2.75, 3.05) is 13.7 Å². The molecular formula is C18H22FNO. The zero-order valence-corrected chi connectivity index (χ0v) is 12.6. The molecule has 0 saturated carbocycles. The second kappa shape index (κ2) is 7.79. The summed E-state index contributed by atoms with van der Waals surface area (Å²) in [5.41, 5.74) is 2.31. The van der Waals surface area contributed by atoms with E-state index in [1.54, 1.807) is 7.11 Å². The molecule has 1 atom stereocenters. The van der Waals surface area contributed by atoms with Crippen LogP contribution in [0.2, 0.25) is 0 Å². The van der Waals surface area contributed by atoms with Gasteiger partial charge in [-0.3, -0.25) is 0 Å². The summed E-state index contributed by atoms with van der Waals surface area (Å²) >= 11 is 0. The first-order valence-corrected chi connectivity index (χ1v) is 7.34. The first-order valence-electron chi connectivity index (χ1n) is 7.34. The van der Waals surface area contributed by atoms with E-state index >= 15 is 0 Å². The number of benzene rings is 2. The Morgan fingerprint density at radius 3 is 2.57 bits per heavy atom. The molecule has 0 aliphatic carbocycles. The first-order chi connectivity index (χ1) is 10.2. The van der Waals surface area contributed by atoms with Crippen LogP contribution in [0.4, 0.5) is 4.39 Å². The minimum atomic E-state index is -0.200. The lowest BCUT2D eigenvalue weighted by atomic mass is 9.98. The van der Waals surface area contributed by atoms with Gasteiger partial charge in [0.25, 0.3) is 0 Å². The van der Waals surface area contributed by atoms with Crippen LogP contribution in [0.3, 0.4) is 0 Å². The minimum Gasteiger partial charge on any atom is -0.497 e. The number of ether oxygens (including phenoxy) is 1. The van der Waals surface area contributed by atoms with E-state index in [-0.39, 0.29) is 11.9 Å². The molecule has 0 aromatic heterocycles. The summed E-state index contributed by atoms with van der Waals surface area (Å²) in [4.78, 5) is 0. The molecular weight excluding hydrogens is 265 g/mol. The number of hydrogen-bond donors (Lipinski definition) is 1. The second-order valence-corrected chi connectivity index (χ2v) is 5.11. The van der Waals surface area contributed by atoms with Crippen LogP contribution in [0.1, 0.15) is 30.5 Å². The van der Waals surface area contributed by atoms with Gasteiger partial charge in [0.2, 0.25) is 0 Å². The number of nitrogens with one attached hydrogen (secondary N) is 1. The molecule has 0 radical (unpaired) electrons. The van der Waals surface area contributed by atoms with Gasteiger partial charge in [-0.25, -0.2) is 4.39 Å². The molecule has 0 fully saturated rings. The summed E-state index contributed by atoms with van der Waals surface area (Å²) in [5.74, 6) is 0.662. The lowest BCUT2D eigenvalue weighted by Crippen LogP contribution is -2.24. The van der Waals surface area contributed by atoms with Crippen molar-refractivity contribution in [2.45, 2.75) is 25.8 Å². The van der Waals surface area contributed by atoms with Gasteiger partial charge in [-0.1, -0.05) is 31.2 Å². The summed E-state index contributed by atoms with van der Waals surface area (Å²) in [7, 11) is 1.67. The Hall–Kier alpha value is -1.87. The van der Waals surface area contributed by atoms with E-state index in [2.05, 4.69) is 18.3 Å². The molecule has 1 unspecified atom stereocenters. The molecule has 21 heavy (non-hydrogen) atoms. The lowest BCUT2D eigenvalue weighted by Gasteiger charge is -2.19. The van der Waals surface area contributed by atoms with Gasteiger partial charge < -0.3 is 10.1 Å². The summed E-state index contributed by atoms with van der Waals surface area (Å²) in [6.07, 6.45) is 1.92. The Labute approximate surface area is 126 Å². The fourth-order valence-corrected chi connectivity index (χ4v) is 2.36. The molecule has 2 aromatic rings. The van der Waals surface area contributed by atoms with Crippen molar-refractivity contribution in [3.8, 4) is 5.75 Å². The highest BCUT2D eigenvalue weighted by Gasteiger charge is 2.12. The van der Waals surface area contributed by atoms with Gasteiger partial charge in [0.1, 0.15) is 11.6 Å². The number of halogens is 1. The molecule has 0 heterocycles. The Morgan fingerprint density at radius 2 is 1.90 bits per heavy atom. The van der Waals surface area contributed by atoms with Crippen LogP contribution in [0.25, 0.3) is 0 Å². The van der Waals surface area contributed by atoms with Gasteiger partial charge in [0.15, 0.2) is 0 Å². The molecule has 0 aliphatic rings. The molecule has 112 valence electrons. The first kappa shape index (κ1) is 15.5. The van der Waals surface area contributed by atoms with Gasteiger partial charge in [-0.15, -0.1) is 0 Å². The summed E-state index contributed by atoms with van der Waals surface area (Å²) < 4.78 is 18.4. The monoisotopic (exact) mass is 287 g/mol. The Kier molecular flexibility index (Phi) is 5.76. The van der Waals surface area contributed by atoms with Crippen LogP contribution in [-0.2, 0) is 6.42 Å². The number of hydrogen-bond acceptors (Lipinski definition) is 2. The van der Waals surface area contributed by atoms with Crippen molar-refractivity contribution in [2.24, 2.45) is 0 Å². The van der Waals surface area contributed by atoms with Crippen molar-refractivity contribution < 1.29 is 9.13 Å². The second-order valence-electron chi connectivity index (χ2n) is 5.11. The third kappa shape index (κ3) is 4.57. The molecule has 1 N–H and O–H groups in total. The summed E-state index contributed by atoms with van der Waals surface area (Å²) in [5, 5.41) is 3.53. The van der Waals surface area contributed by atoms with Crippen LogP contribution in [-0.4, -0.2) is 13.7 Å². The maximum absolute atomic E-state index is 13.1. The third-order valence-corrected chi connectivity index (χ3v) is 3.49. The van der Waals surface area contributed by atoms with Crippen LogP contribution >= 0.6 is 0 Å². The van der Waals surface area contributed by atoms with Crippen molar-refractivity contribution in [1.82, 2.24) is 5.32 Å². The fraction of sp³-hybridized carbons (Fsp3) is 0.333. The molecule has 3 heteroatoms. The molecule has 0 amide bonds. The van der Waals surface area contributed by atoms with Crippen molar-refractivity contribution in [3.05, 3.63) is 65.5 Å². The van der Waals surface area contributed by atoms with Crippen LogP contribution in [0.5, 0.6) is 5.75 Å². The summed E-state index contributed by atoms with van der Waals surface area (Å²) in [6.45, 7) is 3.08. The maximum atomic E-state index is 13.1. The van der Waals surface area contributed by atoms with Crippen LogP contribution in [0, 0.1) is 5.82 Å². The zero-order chi connectivity index (χ0) is 15.1. The van der Waals surface area contributed by atoms with Gasteiger partial charge in [-0.2, -0.15) is 0 Å². The van der Waals surface area contributed by atoms with E-state index in [4.69, 9.17) is 4.74 Å². The van der Waals surface area contributed by atoms with E-state index in [0.717, 1.165) is 30.7 Å². The minimum absolute atomic E-state index is 0.178. The van der Waals surface area contributed by atoms with Gasteiger partial charge in [0.05, 0.1) is 7.11 Å². The Morgan fingerprint density at radius 1 is 1.14 bits per heavy atom. The topological polar surface area (TPSA) is 21.3 Å². The molecule has 2 rings (SSSR count). The maximum Gasteiger partial charge on any atom is 0.123 e. The molecule has 0 aliphatic heterocycles. The van der Waals surface area contributed by atoms with Crippen molar-refractivity contribution in [1.29, 1.82) is 0 Å². The molecule has 2 nitrogen and oxygen atoms in total. The van der Waals surface area contributed by atoms with E-state index in [1.165, 1.54) is 17.7 Å². The zero-order valence-electron chi connectivity index (χ0n) is 12.6. The standard InChI is InChI=1S/C18H22FNO/c1-3-11-20-18(15-7-9-16(19)10-8-15)13-14-5-4-6-17(12-14)21-2/h4-10,12,18,20H,3,11,13H2,1-2H3. The summed E-state index contributed by atoms with van der Waals surface area (Å²) in [6, 6.07) is 15.0. The van der Waals surface area contributed by atoms with E-state index < -0.39 is 0 Å². The van der Waals surface area contributed by atoms with Gasteiger partial charge in [0, 0.05) is 6.04 Å². The van der Waals surface area contributed by atoms with E-state index in [1.807, 2.05) is 30.3 Å². The van der Waals surface area contributed by atoms with E-state index in [9.17, 15) is 4.39 Å². The third-order valence-electron chi connectivity index (χ3n) is 3.49. The SMILES string of the molecule is CCCNC(Cc1cccc(OC)c1)c1ccc(F)cc1. The largest absolute Gasteiger partial charge is 0.497 e. The van der Waals surface area contributed by atoms with E-state index in [0.29, 0.717) is 0 Å².